The Balaban J connectivity index is 0.000000211. The molecule has 16 rings (SSSR count). The van der Waals surface area contributed by atoms with Gasteiger partial charge in [-0.1, -0.05) is 227 Å². The standard InChI is InChI=1S/C35H48N6.C25H20F6N4.C25H20N6.C21H12F6N4.4Pt/c1-23-27(33(3,4)5)15-17-40(23)31-21-25(38(11)12)19-29(36-31)35(9,10)30-20-26(39(13)14)22-32(37-30)41-18-16-28(24(41)2)34(6,7)8;1-15-17(24(26,27)28)11-13-34(15)21-9-5-7-19(32-21)23(3,4)20-8-6-10-22(33-20)35-14-12-18(16(35)2)25(29,30)31;1-17-12-14-30(19(17)16-26)22-10-6-8-20(28-22)25(3,4)21-9-7-11-23(29-21)31-15-13-18(2)24(31)27-5;1-21(2,13-5-3-7-15(28-13)30-9-11(22)17(24)19(30)26)14-6-4-8-16(29-14)31-10-12(23)18(25)20(31)27;;;;/h15-16,19-22H,1-14H3;5-12H,1-4H3;6-13H,1-4H3;3-8H,1-2H3;;;;/q4*-2;4*+2. The monoisotopic (exact) mass is 2660 g/mol. The Bertz CT molecular complexity index is 6910. The number of halogens is 12. The van der Waals surface area contributed by atoms with E-state index in [1.54, 1.807) is 83.6 Å². The first kappa shape index (κ1) is 114. The van der Waals surface area contributed by atoms with E-state index in [-0.39, 0.29) is 130 Å². The van der Waals surface area contributed by atoms with Gasteiger partial charge in [-0.25, -0.2) is 14.0 Å². The molecule has 0 aromatic carbocycles. The summed E-state index contributed by atoms with van der Waals surface area (Å²) >= 11 is 0. The van der Waals surface area contributed by atoms with E-state index in [1.807, 2.05) is 76.5 Å². The Kier molecular flexibility index (Phi) is 34.9. The van der Waals surface area contributed by atoms with Crippen molar-refractivity contribution in [3.8, 4) is 52.6 Å². The van der Waals surface area contributed by atoms with Crippen molar-refractivity contribution in [2.75, 3.05) is 38.0 Å². The molecule has 16 aromatic heterocycles. The van der Waals surface area contributed by atoms with Gasteiger partial charge in [-0.05, 0) is 146 Å². The van der Waals surface area contributed by atoms with Gasteiger partial charge in [0.2, 0.25) is 5.82 Å². The molecule has 0 amide bonds. The van der Waals surface area contributed by atoms with Gasteiger partial charge in [0, 0.05) is 119 Å². The molecule has 0 aliphatic heterocycles. The van der Waals surface area contributed by atoms with Crippen LogP contribution in [0.3, 0.4) is 0 Å². The van der Waals surface area contributed by atoms with Crippen molar-refractivity contribution in [1.29, 1.82) is 5.26 Å². The largest absolute Gasteiger partial charge is 2.00 e. The zero-order chi connectivity index (χ0) is 101. The minimum absolute atomic E-state index is 0. The van der Waals surface area contributed by atoms with Crippen LogP contribution in [0.5, 0.6) is 0 Å². The van der Waals surface area contributed by atoms with Crippen molar-refractivity contribution in [3.63, 3.8) is 0 Å². The zero-order valence-electron chi connectivity index (χ0n) is 81.9. The number of aromatic nitrogens is 16. The molecule has 0 N–H and O–H groups in total. The Morgan fingerprint density at radius 3 is 0.831 bits per heavy atom. The number of pyridine rings is 8. The number of alkyl halides is 6. The Hall–Kier alpha value is -12.1. The van der Waals surface area contributed by atoms with E-state index < -0.39 is 80.3 Å². The summed E-state index contributed by atoms with van der Waals surface area (Å²) in [6.07, 6.45) is 13.0. The van der Waals surface area contributed by atoms with E-state index in [0.29, 0.717) is 55.1 Å². The van der Waals surface area contributed by atoms with Crippen molar-refractivity contribution < 1.29 is 137 Å². The first-order valence-corrected chi connectivity index (χ1v) is 43.6. The summed E-state index contributed by atoms with van der Waals surface area (Å²) in [4.78, 5) is 45.7. The molecule has 0 radical (unpaired) electrons. The maximum Gasteiger partial charge on any atom is 2.00 e. The molecule has 0 atom stereocenters. The maximum atomic E-state index is 13.9. The first-order valence-electron chi connectivity index (χ1n) is 43.6. The van der Waals surface area contributed by atoms with Gasteiger partial charge in [-0.2, -0.15) is 26.3 Å². The van der Waals surface area contributed by atoms with E-state index in [0.717, 1.165) is 80.4 Å². The van der Waals surface area contributed by atoms with Crippen LogP contribution in [0.15, 0.2) is 170 Å². The summed E-state index contributed by atoms with van der Waals surface area (Å²) in [7, 11) is 8.29. The second-order valence-electron chi connectivity index (χ2n) is 37.9. The molecule has 16 heterocycles. The Morgan fingerprint density at radius 1 is 0.324 bits per heavy atom. The number of nitrogens with zero attached hydrogens (tertiary/aromatic N) is 20. The smallest absolute Gasteiger partial charge is 0.433 e. The Morgan fingerprint density at radius 2 is 0.570 bits per heavy atom. The molecule has 0 saturated carbocycles. The third-order valence-electron chi connectivity index (χ3n) is 24.2. The molecule has 0 bridgehead atoms. The molecule has 36 heteroatoms. The number of hydrogen-bond donors (Lipinski definition) is 0. The van der Waals surface area contributed by atoms with Gasteiger partial charge >= 0.3 is 96.6 Å². The van der Waals surface area contributed by atoms with Gasteiger partial charge in [0.15, 0.2) is 0 Å². The molecular formula is C106H100F12N20Pt4. The summed E-state index contributed by atoms with van der Waals surface area (Å²) in [6, 6.07) is 50.6. The van der Waals surface area contributed by atoms with Crippen LogP contribution in [0, 0.1) is 144 Å². The van der Waals surface area contributed by atoms with Crippen LogP contribution in [-0.2, 0) is 129 Å². The number of aryl methyl sites for hydroxylation is 2. The minimum Gasteiger partial charge on any atom is -0.433 e. The molecule has 16 aromatic rings. The van der Waals surface area contributed by atoms with Crippen LogP contribution >= 0.6 is 0 Å². The molecule has 748 valence electrons. The van der Waals surface area contributed by atoms with Gasteiger partial charge < -0.3 is 46.6 Å². The van der Waals surface area contributed by atoms with Crippen LogP contribution < -0.4 is 9.80 Å². The van der Waals surface area contributed by atoms with E-state index in [2.05, 4.69) is 235 Å². The van der Waals surface area contributed by atoms with Gasteiger partial charge in [0.1, 0.15) is 17.7 Å². The molecule has 0 fully saturated rings. The SMILES string of the molecule is CC(C)(c1cccc(-n2[c-]c(F)c(F)c2F)n1)c1cccc(-n2[c-]c(F)c(F)c2F)n1.Cc1c(C(C)(C)C)c[c-]n1-c1cc(N(C)C)cc(C(C)(C)c2cc(N(C)C)cc(-n3[c-]cc(C(C)(C)C)c3C)n2)n1.Cc1c(C(F)(F)F)c[c-]n1-c1cccc(C(C)(C)c2cccc(-n3[c-]cc(C(F)(F)F)c3C)n2)n1.[C-]#[N+]c1c(C)c[c-]n1-c1cccc(C(C)(C)c2cccc(-n3[c-]cc(C)c3C#N)n2)n1.[Pt+2].[Pt+2].[Pt+2].[Pt+2]. The molecule has 0 unspecified atom stereocenters. The second-order valence-corrected chi connectivity index (χ2v) is 37.9. The summed E-state index contributed by atoms with van der Waals surface area (Å²) in [5, 5.41) is 9.48. The van der Waals surface area contributed by atoms with Gasteiger partial charge in [0.25, 0.3) is 0 Å². The van der Waals surface area contributed by atoms with Gasteiger partial charge in [0.05, 0.1) is 70.1 Å². The Labute approximate surface area is 876 Å². The predicted molar refractivity (Wildman–Crippen MR) is 503 cm³/mol. The molecule has 0 spiro atoms. The van der Waals surface area contributed by atoms with Gasteiger partial charge in [-0.3, -0.25) is 62.0 Å². The summed E-state index contributed by atoms with van der Waals surface area (Å²) in [6.45, 7) is 47.2. The van der Waals surface area contributed by atoms with E-state index in [1.165, 1.54) is 58.4 Å². The quantitative estimate of drug-likeness (QED) is 0.0590. The van der Waals surface area contributed by atoms with Crippen molar-refractivity contribution in [1.82, 2.24) is 76.4 Å². The molecule has 0 saturated heterocycles. The third kappa shape index (κ3) is 23.2. The zero-order valence-corrected chi connectivity index (χ0v) is 91.0. The molecule has 0 aliphatic rings. The number of rotatable bonds is 18. The fourth-order valence-corrected chi connectivity index (χ4v) is 15.8. The topological polar surface area (TPSA) is 177 Å². The van der Waals surface area contributed by atoms with Crippen LogP contribution in [0.4, 0.5) is 69.9 Å². The third-order valence-corrected chi connectivity index (χ3v) is 24.2. The van der Waals surface area contributed by atoms with E-state index in [9.17, 15) is 57.9 Å². The predicted octanol–water partition coefficient (Wildman–Crippen LogP) is 23.8. The molecule has 142 heavy (non-hydrogen) atoms. The van der Waals surface area contributed by atoms with Crippen LogP contribution in [0.1, 0.15) is 204 Å². The van der Waals surface area contributed by atoms with Gasteiger partial charge in [-0.15, -0.1) is 53.1 Å². The van der Waals surface area contributed by atoms with Crippen molar-refractivity contribution in [3.05, 3.63) is 373 Å². The summed E-state index contributed by atoms with van der Waals surface area (Å²) < 4.78 is 172. The number of hydrogen-bond acceptors (Lipinski definition) is 11. The fraction of sp³-hybridized carbons (Fsp3) is 0.302. The summed E-state index contributed by atoms with van der Waals surface area (Å²) in [5.41, 5.74) is 10.1. The van der Waals surface area contributed by atoms with Crippen LogP contribution in [-0.4, -0.2) is 105 Å². The van der Waals surface area contributed by atoms with Crippen molar-refractivity contribution in [2.24, 2.45) is 0 Å². The number of nitriles is 1. The average molecular weight is 2660 g/mol. The molecule has 0 aliphatic carbocycles. The minimum atomic E-state index is -4.51. The summed E-state index contributed by atoms with van der Waals surface area (Å²) in [5.74, 6) is -5.53. The average Bonchev–Trinajstić information content (AvgIpc) is 1.14. The normalized spacial score (nSPS) is 11.8. The maximum absolute atomic E-state index is 13.9. The van der Waals surface area contributed by atoms with Crippen molar-refractivity contribution in [2.45, 2.75) is 183 Å². The van der Waals surface area contributed by atoms with Crippen LogP contribution in [0.25, 0.3) is 51.4 Å². The fourth-order valence-electron chi connectivity index (χ4n) is 15.8. The van der Waals surface area contributed by atoms with Crippen LogP contribution in [0.2, 0.25) is 0 Å². The molecule has 20 nitrogen and oxygen atoms in total. The van der Waals surface area contributed by atoms with E-state index in [4.69, 9.17) is 26.5 Å². The second kappa shape index (κ2) is 43.6. The van der Waals surface area contributed by atoms with E-state index >= 15 is 0 Å². The van der Waals surface area contributed by atoms with Crippen molar-refractivity contribution >= 4 is 17.2 Å². The number of anilines is 2. The molecular weight excluding hydrogens is 2560 g/mol. The first-order chi connectivity index (χ1) is 64.5.